The van der Waals surface area contributed by atoms with Gasteiger partial charge in [-0.15, -0.1) is 0 Å². The van der Waals surface area contributed by atoms with Crippen LogP contribution >= 0.6 is 15.9 Å². The number of nitrogens with one attached hydrogen (secondary N) is 1. The van der Waals surface area contributed by atoms with Crippen LogP contribution in [0, 0.1) is 0 Å². The third-order valence-corrected chi connectivity index (χ3v) is 2.24. The van der Waals surface area contributed by atoms with Crippen LogP contribution in [-0.2, 0) is 6.61 Å². The number of aromatic amines is 1. The molecule has 2 heterocycles. The Balaban J connectivity index is 2.34. The van der Waals surface area contributed by atoms with Crippen LogP contribution in [-0.4, -0.2) is 20.1 Å². The first kappa shape index (κ1) is 9.36. The first-order chi connectivity index (χ1) is 6.79. The highest BCUT2D eigenvalue weighted by atomic mass is 79.9. The number of aliphatic hydroxyl groups is 1. The Kier molecular flexibility index (Phi) is 2.60. The first-order valence-corrected chi connectivity index (χ1v) is 4.85. The van der Waals surface area contributed by atoms with Crippen molar-refractivity contribution >= 4 is 15.9 Å². The molecule has 14 heavy (non-hydrogen) atoms. The fraction of sp³-hybridized carbons (Fsp3) is 0.111. The lowest BCUT2D eigenvalue weighted by Gasteiger charge is -1.95. The molecule has 0 atom stereocenters. The average molecular weight is 254 g/mol. The van der Waals surface area contributed by atoms with E-state index in [1.807, 2.05) is 12.1 Å². The van der Waals surface area contributed by atoms with E-state index < -0.39 is 0 Å². The Hall–Kier alpha value is -1.20. The Labute approximate surface area is 89.2 Å². The van der Waals surface area contributed by atoms with Gasteiger partial charge in [0.2, 0.25) is 0 Å². The van der Waals surface area contributed by atoms with Crippen LogP contribution in [0.4, 0.5) is 0 Å². The second-order valence-electron chi connectivity index (χ2n) is 2.78. The zero-order valence-corrected chi connectivity index (χ0v) is 8.82. The lowest BCUT2D eigenvalue weighted by atomic mass is 10.3. The van der Waals surface area contributed by atoms with Gasteiger partial charge in [-0.25, -0.2) is 4.98 Å². The van der Waals surface area contributed by atoms with E-state index in [0.717, 1.165) is 10.2 Å². The van der Waals surface area contributed by atoms with E-state index in [9.17, 15) is 0 Å². The number of hydrogen-bond donors (Lipinski definition) is 2. The third kappa shape index (κ3) is 1.83. The van der Waals surface area contributed by atoms with Gasteiger partial charge in [0.15, 0.2) is 5.82 Å². The number of hydrogen-bond acceptors (Lipinski definition) is 3. The molecule has 0 bridgehead atoms. The van der Waals surface area contributed by atoms with Crippen molar-refractivity contribution in [3.63, 3.8) is 0 Å². The largest absolute Gasteiger partial charge is 0.390 e. The fourth-order valence-electron chi connectivity index (χ4n) is 1.09. The maximum absolute atomic E-state index is 8.84. The molecule has 2 rings (SSSR count). The molecular weight excluding hydrogens is 246 g/mol. The second kappa shape index (κ2) is 3.89. The Morgan fingerprint density at radius 2 is 2.14 bits per heavy atom. The van der Waals surface area contributed by atoms with Gasteiger partial charge in [0, 0.05) is 10.7 Å². The molecule has 0 aliphatic carbocycles. The topological polar surface area (TPSA) is 61.8 Å². The zero-order valence-electron chi connectivity index (χ0n) is 7.24. The van der Waals surface area contributed by atoms with Gasteiger partial charge in [-0.1, -0.05) is 0 Å². The molecule has 0 spiro atoms. The van der Waals surface area contributed by atoms with E-state index in [-0.39, 0.29) is 6.61 Å². The standard InChI is InChI=1S/C9H8BrN3O/c10-6-1-2-8(11-3-6)9-12-4-7(5-14)13-9/h1-4,14H,5H2,(H,12,13). The summed E-state index contributed by atoms with van der Waals surface area (Å²) in [5, 5.41) is 8.84. The van der Waals surface area contributed by atoms with E-state index in [2.05, 4.69) is 30.9 Å². The third-order valence-electron chi connectivity index (χ3n) is 1.77. The summed E-state index contributed by atoms with van der Waals surface area (Å²) >= 11 is 3.30. The van der Waals surface area contributed by atoms with Crippen LogP contribution in [0.2, 0.25) is 0 Å². The number of H-pyrrole nitrogens is 1. The van der Waals surface area contributed by atoms with Gasteiger partial charge in [0.1, 0.15) is 5.69 Å². The van der Waals surface area contributed by atoms with Crippen LogP contribution in [0.15, 0.2) is 29.0 Å². The molecule has 0 amide bonds. The number of pyridine rings is 1. The van der Waals surface area contributed by atoms with Crippen molar-refractivity contribution in [3.05, 3.63) is 34.7 Å². The van der Waals surface area contributed by atoms with E-state index in [0.29, 0.717) is 11.5 Å². The summed E-state index contributed by atoms with van der Waals surface area (Å²) in [7, 11) is 0. The Morgan fingerprint density at radius 1 is 1.29 bits per heavy atom. The van der Waals surface area contributed by atoms with Crippen LogP contribution in [0.5, 0.6) is 0 Å². The predicted octanol–water partition coefficient (Wildman–Crippen LogP) is 1.73. The Morgan fingerprint density at radius 3 is 2.71 bits per heavy atom. The summed E-state index contributed by atoms with van der Waals surface area (Å²) in [6.45, 7) is -0.0382. The van der Waals surface area contributed by atoms with Gasteiger partial charge in [-0.05, 0) is 28.1 Å². The van der Waals surface area contributed by atoms with E-state index in [1.54, 1.807) is 12.4 Å². The summed E-state index contributed by atoms with van der Waals surface area (Å²) in [4.78, 5) is 11.2. The van der Waals surface area contributed by atoms with E-state index in [1.165, 1.54) is 0 Å². The van der Waals surface area contributed by atoms with Crippen molar-refractivity contribution in [2.45, 2.75) is 6.61 Å². The molecule has 0 fully saturated rings. The summed E-state index contributed by atoms with van der Waals surface area (Å²) in [5.41, 5.74) is 1.44. The second-order valence-corrected chi connectivity index (χ2v) is 3.69. The highest BCUT2D eigenvalue weighted by molar-refractivity contribution is 9.10. The molecule has 0 aliphatic rings. The number of imidazole rings is 1. The molecule has 72 valence electrons. The van der Waals surface area contributed by atoms with Crippen molar-refractivity contribution in [2.24, 2.45) is 0 Å². The van der Waals surface area contributed by atoms with Gasteiger partial charge in [-0.3, -0.25) is 4.98 Å². The van der Waals surface area contributed by atoms with Crippen molar-refractivity contribution in [1.82, 2.24) is 15.0 Å². The average Bonchev–Trinajstić information content (AvgIpc) is 2.67. The molecule has 0 saturated carbocycles. The van der Waals surface area contributed by atoms with Gasteiger partial charge in [-0.2, -0.15) is 0 Å². The van der Waals surface area contributed by atoms with Crippen LogP contribution in [0.3, 0.4) is 0 Å². The predicted molar refractivity (Wildman–Crippen MR) is 55.4 cm³/mol. The minimum Gasteiger partial charge on any atom is -0.390 e. The summed E-state index contributed by atoms with van der Waals surface area (Å²) in [6, 6.07) is 3.74. The molecule has 5 heteroatoms. The van der Waals surface area contributed by atoms with Crippen molar-refractivity contribution in [1.29, 1.82) is 0 Å². The molecule has 0 unspecified atom stereocenters. The monoisotopic (exact) mass is 253 g/mol. The molecule has 0 aromatic carbocycles. The molecule has 0 saturated heterocycles. The molecule has 2 aromatic rings. The maximum Gasteiger partial charge on any atom is 0.156 e. The number of aliphatic hydroxyl groups excluding tert-OH is 1. The van der Waals surface area contributed by atoms with Crippen LogP contribution in [0.25, 0.3) is 11.5 Å². The van der Waals surface area contributed by atoms with Crippen molar-refractivity contribution < 1.29 is 5.11 Å². The van der Waals surface area contributed by atoms with Gasteiger partial charge in [0.05, 0.1) is 18.5 Å². The van der Waals surface area contributed by atoms with Crippen LogP contribution in [0.1, 0.15) is 5.69 Å². The fourth-order valence-corrected chi connectivity index (χ4v) is 1.32. The van der Waals surface area contributed by atoms with Gasteiger partial charge < -0.3 is 10.1 Å². The van der Waals surface area contributed by atoms with Crippen molar-refractivity contribution in [2.75, 3.05) is 0 Å². The summed E-state index contributed by atoms with van der Waals surface area (Å²) in [5.74, 6) is 0.668. The van der Waals surface area contributed by atoms with Gasteiger partial charge in [0.25, 0.3) is 0 Å². The van der Waals surface area contributed by atoms with E-state index >= 15 is 0 Å². The maximum atomic E-state index is 8.84. The molecule has 2 aromatic heterocycles. The summed E-state index contributed by atoms with van der Waals surface area (Å²) in [6.07, 6.45) is 3.30. The number of halogens is 1. The number of rotatable bonds is 2. The minimum atomic E-state index is -0.0382. The number of nitrogens with zero attached hydrogens (tertiary/aromatic N) is 2. The molecular formula is C9H8BrN3O. The Bertz CT molecular complexity index is 424. The lowest BCUT2D eigenvalue weighted by molar-refractivity contribution is 0.277. The smallest absolute Gasteiger partial charge is 0.156 e. The first-order valence-electron chi connectivity index (χ1n) is 4.06. The van der Waals surface area contributed by atoms with Gasteiger partial charge >= 0.3 is 0 Å². The van der Waals surface area contributed by atoms with Crippen molar-refractivity contribution in [3.8, 4) is 11.5 Å². The van der Waals surface area contributed by atoms with E-state index in [4.69, 9.17) is 5.11 Å². The molecule has 0 radical (unpaired) electrons. The minimum absolute atomic E-state index is 0.0382. The quantitative estimate of drug-likeness (QED) is 0.857. The molecule has 4 nitrogen and oxygen atoms in total. The van der Waals surface area contributed by atoms with Crippen LogP contribution < -0.4 is 0 Å². The SMILES string of the molecule is OCc1cnc(-c2ccc(Br)cn2)[nH]1. The summed E-state index contributed by atoms with van der Waals surface area (Å²) < 4.78 is 0.926. The number of aromatic nitrogens is 3. The zero-order chi connectivity index (χ0) is 9.97. The lowest BCUT2D eigenvalue weighted by Crippen LogP contribution is -1.86. The molecule has 2 N–H and O–H groups in total. The highest BCUT2D eigenvalue weighted by Crippen LogP contribution is 2.15. The normalized spacial score (nSPS) is 10.4. The molecule has 0 aliphatic heterocycles. The highest BCUT2D eigenvalue weighted by Gasteiger charge is 2.03.